The van der Waals surface area contributed by atoms with Crippen LogP contribution in [-0.4, -0.2) is 21.1 Å². The molecule has 124 valence electrons. The van der Waals surface area contributed by atoms with E-state index in [1.165, 1.54) is 11.3 Å². The fourth-order valence-corrected chi connectivity index (χ4v) is 3.84. The molecule has 24 heavy (non-hydrogen) atoms. The van der Waals surface area contributed by atoms with E-state index in [4.69, 9.17) is 11.6 Å². The average Bonchev–Trinajstić information content (AvgIpc) is 3.17. The maximum atomic E-state index is 12.1. The van der Waals surface area contributed by atoms with Gasteiger partial charge in [-0.25, -0.2) is 4.98 Å². The summed E-state index contributed by atoms with van der Waals surface area (Å²) in [5.74, 6) is -0.131. The van der Waals surface area contributed by atoms with E-state index < -0.39 is 0 Å². The smallest absolute Gasteiger partial charge is 0.232 e. The zero-order chi connectivity index (χ0) is 16.9. The van der Waals surface area contributed by atoms with Crippen LogP contribution in [0.1, 0.15) is 28.2 Å². The molecule has 3 aromatic rings. The zero-order valence-corrected chi connectivity index (χ0v) is 15.3. The summed E-state index contributed by atoms with van der Waals surface area (Å²) >= 11 is 8.94. The first-order chi connectivity index (χ1) is 11.6. The van der Waals surface area contributed by atoms with Crippen LogP contribution in [0.5, 0.6) is 0 Å². The van der Waals surface area contributed by atoms with Crippen molar-refractivity contribution in [1.82, 2.24) is 15.2 Å². The molecule has 8 heteroatoms. The van der Waals surface area contributed by atoms with Crippen molar-refractivity contribution in [1.29, 1.82) is 0 Å². The minimum atomic E-state index is -0.131. The number of carbonyl (C=O) groups is 1. The number of aromatic nitrogens is 3. The highest BCUT2D eigenvalue weighted by Crippen LogP contribution is 2.19. The number of hydrogen-bond acceptors (Lipinski definition) is 6. The normalized spacial score (nSPS) is 10.8. The monoisotopic (exact) mass is 378 g/mol. The van der Waals surface area contributed by atoms with Gasteiger partial charge in [0.25, 0.3) is 0 Å². The van der Waals surface area contributed by atoms with E-state index in [0.717, 1.165) is 27.7 Å². The van der Waals surface area contributed by atoms with Crippen LogP contribution in [0.3, 0.4) is 0 Å². The summed E-state index contributed by atoms with van der Waals surface area (Å²) < 4.78 is 0. The fraction of sp³-hybridized carbons (Fsp3) is 0.250. The standard InChI is InChI=1S/C16H15ClN4OS2/c1-2-14-20-21-16(24-14)19-13(22)8-12-9-23-15(18-12)7-10-4-3-5-11(17)6-10/h3-6,9H,2,7-8H2,1H3,(H,19,21,22). The molecule has 0 aliphatic rings. The number of carbonyl (C=O) groups excluding carboxylic acids is 1. The number of hydrogen-bond donors (Lipinski definition) is 1. The number of amides is 1. The van der Waals surface area contributed by atoms with Gasteiger partial charge in [0.2, 0.25) is 11.0 Å². The lowest BCUT2D eigenvalue weighted by molar-refractivity contribution is -0.115. The Bertz CT molecular complexity index is 846. The molecule has 0 aliphatic heterocycles. The van der Waals surface area contributed by atoms with Crippen molar-refractivity contribution in [3.8, 4) is 0 Å². The molecule has 0 unspecified atom stereocenters. The van der Waals surface area contributed by atoms with Gasteiger partial charge >= 0.3 is 0 Å². The third-order valence-electron chi connectivity index (χ3n) is 3.20. The predicted molar refractivity (Wildman–Crippen MR) is 98.0 cm³/mol. The highest BCUT2D eigenvalue weighted by atomic mass is 35.5. The Balaban J connectivity index is 1.58. The van der Waals surface area contributed by atoms with Gasteiger partial charge in [-0.1, -0.05) is 42.0 Å². The maximum Gasteiger partial charge on any atom is 0.232 e. The molecule has 0 spiro atoms. The molecule has 2 aromatic heterocycles. The summed E-state index contributed by atoms with van der Waals surface area (Å²) in [6.45, 7) is 2.00. The molecule has 0 bridgehead atoms. The van der Waals surface area contributed by atoms with Crippen molar-refractivity contribution in [3.05, 3.63) is 55.9 Å². The minimum absolute atomic E-state index is 0.131. The number of nitrogens with one attached hydrogen (secondary N) is 1. The van der Waals surface area contributed by atoms with E-state index in [0.29, 0.717) is 16.6 Å². The van der Waals surface area contributed by atoms with Crippen LogP contribution in [0.25, 0.3) is 0 Å². The van der Waals surface area contributed by atoms with Gasteiger partial charge in [-0.15, -0.1) is 21.5 Å². The van der Waals surface area contributed by atoms with E-state index in [1.807, 2.05) is 36.6 Å². The quantitative estimate of drug-likeness (QED) is 0.704. The second kappa shape index (κ2) is 7.83. The Kier molecular flexibility index (Phi) is 5.55. The van der Waals surface area contributed by atoms with Crippen LogP contribution >= 0.6 is 34.3 Å². The summed E-state index contributed by atoms with van der Waals surface area (Å²) in [5.41, 5.74) is 1.86. The Hall–Kier alpha value is -1.83. The molecule has 5 nitrogen and oxygen atoms in total. The van der Waals surface area contributed by atoms with Crippen LogP contribution in [0.4, 0.5) is 5.13 Å². The first-order valence-corrected chi connectivity index (χ1v) is 9.49. The van der Waals surface area contributed by atoms with Crippen molar-refractivity contribution >= 4 is 45.3 Å². The van der Waals surface area contributed by atoms with E-state index in [9.17, 15) is 4.79 Å². The van der Waals surface area contributed by atoms with Crippen molar-refractivity contribution < 1.29 is 4.79 Å². The topological polar surface area (TPSA) is 67.8 Å². The molecular weight excluding hydrogens is 364 g/mol. The molecule has 0 saturated carbocycles. The largest absolute Gasteiger partial charge is 0.300 e. The van der Waals surface area contributed by atoms with E-state index in [1.54, 1.807) is 11.3 Å². The first-order valence-electron chi connectivity index (χ1n) is 7.42. The summed E-state index contributed by atoms with van der Waals surface area (Å²) in [5, 5.41) is 15.7. The predicted octanol–water partition coefficient (Wildman–Crippen LogP) is 3.98. The third kappa shape index (κ3) is 4.59. The number of halogens is 1. The second-order valence-electron chi connectivity index (χ2n) is 5.12. The van der Waals surface area contributed by atoms with Gasteiger partial charge in [-0.3, -0.25) is 4.79 Å². The SMILES string of the molecule is CCc1nnc(NC(=O)Cc2csc(Cc3cccc(Cl)c3)n2)s1. The summed E-state index contributed by atoms with van der Waals surface area (Å²) in [6.07, 6.45) is 1.75. The molecule has 1 aromatic carbocycles. The minimum Gasteiger partial charge on any atom is -0.300 e. The second-order valence-corrected chi connectivity index (χ2v) is 7.56. The van der Waals surface area contributed by atoms with Crippen LogP contribution in [0, 0.1) is 0 Å². The molecule has 2 heterocycles. The number of anilines is 1. The Labute approximate surface area is 152 Å². The number of aryl methyl sites for hydroxylation is 1. The van der Waals surface area contributed by atoms with E-state index >= 15 is 0 Å². The lowest BCUT2D eigenvalue weighted by Gasteiger charge is -1.99. The Morgan fingerprint density at radius 2 is 2.17 bits per heavy atom. The van der Waals surface area contributed by atoms with Gasteiger partial charge in [0, 0.05) is 16.8 Å². The van der Waals surface area contributed by atoms with Crippen LogP contribution < -0.4 is 5.32 Å². The number of rotatable bonds is 6. The molecule has 0 saturated heterocycles. The van der Waals surface area contributed by atoms with Crippen molar-refractivity contribution in [2.24, 2.45) is 0 Å². The Morgan fingerprint density at radius 1 is 1.29 bits per heavy atom. The van der Waals surface area contributed by atoms with Gasteiger partial charge in [-0.05, 0) is 24.1 Å². The summed E-state index contributed by atoms with van der Waals surface area (Å²) in [6, 6.07) is 7.71. The van der Waals surface area contributed by atoms with E-state index in [-0.39, 0.29) is 12.3 Å². The first kappa shape index (κ1) is 17.0. The Morgan fingerprint density at radius 3 is 2.92 bits per heavy atom. The molecule has 0 atom stereocenters. The molecule has 0 fully saturated rings. The fourth-order valence-electron chi connectivity index (χ4n) is 2.11. The van der Waals surface area contributed by atoms with Crippen LogP contribution in [0.2, 0.25) is 5.02 Å². The van der Waals surface area contributed by atoms with Gasteiger partial charge in [0.1, 0.15) is 5.01 Å². The van der Waals surface area contributed by atoms with Gasteiger partial charge in [-0.2, -0.15) is 0 Å². The van der Waals surface area contributed by atoms with Gasteiger partial charge < -0.3 is 5.32 Å². The number of nitrogens with zero attached hydrogens (tertiary/aromatic N) is 3. The maximum absolute atomic E-state index is 12.1. The summed E-state index contributed by atoms with van der Waals surface area (Å²) in [7, 11) is 0. The number of thiazole rings is 1. The van der Waals surface area contributed by atoms with Crippen molar-refractivity contribution in [2.75, 3.05) is 5.32 Å². The third-order valence-corrected chi connectivity index (χ3v) is 5.32. The van der Waals surface area contributed by atoms with Crippen molar-refractivity contribution in [3.63, 3.8) is 0 Å². The van der Waals surface area contributed by atoms with Crippen molar-refractivity contribution in [2.45, 2.75) is 26.2 Å². The molecule has 0 radical (unpaired) electrons. The molecular formula is C16H15ClN4OS2. The highest BCUT2D eigenvalue weighted by molar-refractivity contribution is 7.15. The van der Waals surface area contributed by atoms with Crippen LogP contribution in [-0.2, 0) is 24.1 Å². The molecule has 0 aliphatic carbocycles. The average molecular weight is 379 g/mol. The molecule has 1 amide bonds. The highest BCUT2D eigenvalue weighted by Gasteiger charge is 2.11. The number of benzene rings is 1. The lowest BCUT2D eigenvalue weighted by Crippen LogP contribution is -2.14. The molecule has 1 N–H and O–H groups in total. The van der Waals surface area contributed by atoms with E-state index in [2.05, 4.69) is 20.5 Å². The zero-order valence-electron chi connectivity index (χ0n) is 13.0. The van der Waals surface area contributed by atoms with Gasteiger partial charge in [0.05, 0.1) is 17.1 Å². The lowest BCUT2D eigenvalue weighted by atomic mass is 10.2. The molecule has 3 rings (SSSR count). The summed E-state index contributed by atoms with van der Waals surface area (Å²) in [4.78, 5) is 16.6. The van der Waals surface area contributed by atoms with Crippen LogP contribution in [0.15, 0.2) is 29.6 Å². The van der Waals surface area contributed by atoms with Gasteiger partial charge in [0.15, 0.2) is 0 Å².